The first-order valence-electron chi connectivity index (χ1n) is 9.16. The van der Waals surface area contributed by atoms with Crippen molar-refractivity contribution in [3.63, 3.8) is 0 Å². The summed E-state index contributed by atoms with van der Waals surface area (Å²) in [6.45, 7) is 8.46. The van der Waals surface area contributed by atoms with Crippen LogP contribution in [0.1, 0.15) is 39.8 Å². The lowest BCUT2D eigenvalue weighted by molar-refractivity contribution is -0.132. The van der Waals surface area contributed by atoms with Crippen LogP contribution in [-0.4, -0.2) is 45.5 Å². The Labute approximate surface area is 175 Å². The molecule has 0 spiro atoms. The number of benzene rings is 1. The zero-order chi connectivity index (χ0) is 20.9. The van der Waals surface area contributed by atoms with Gasteiger partial charge in [0.25, 0.3) is 0 Å². The summed E-state index contributed by atoms with van der Waals surface area (Å²) in [5.74, 6) is -0.244. The molecule has 152 valence electrons. The summed E-state index contributed by atoms with van der Waals surface area (Å²) in [5, 5.41) is 8.03. The van der Waals surface area contributed by atoms with Gasteiger partial charge in [0.1, 0.15) is 11.7 Å². The van der Waals surface area contributed by atoms with Crippen molar-refractivity contribution in [2.45, 2.75) is 39.5 Å². The third kappa shape index (κ3) is 5.49. The van der Waals surface area contributed by atoms with E-state index in [9.17, 15) is 9.59 Å². The molecule has 0 unspecified atom stereocenters. The summed E-state index contributed by atoms with van der Waals surface area (Å²) < 4.78 is 1.62. The molecule has 1 N–H and O–H groups in total. The normalized spacial score (nSPS) is 11.4. The maximum Gasteiger partial charge on any atom is 0.245 e. The Morgan fingerprint density at radius 3 is 2.50 bits per heavy atom. The molecule has 1 aromatic carbocycles. The Hall–Kier alpha value is -2.05. The average molecular weight is 425 g/mol. The zero-order valence-corrected chi connectivity index (χ0v) is 18.1. The number of anilines is 1. The maximum atomic E-state index is 12.6. The summed E-state index contributed by atoms with van der Waals surface area (Å²) in [7, 11) is 0. The second-order valence-electron chi connectivity index (χ2n) is 7.53. The summed E-state index contributed by atoms with van der Waals surface area (Å²) in [6, 6.07) is 9.11. The molecular weight excluding hydrogens is 399 g/mol. The molecular formula is C20H26Cl2N4O2. The van der Waals surface area contributed by atoms with E-state index in [4.69, 9.17) is 23.2 Å². The number of carbonyl (C=O) groups excluding carboxylic acids is 2. The minimum Gasteiger partial charge on any atom is -0.332 e. The monoisotopic (exact) mass is 424 g/mol. The van der Waals surface area contributed by atoms with Crippen LogP contribution in [0.25, 0.3) is 5.69 Å². The van der Waals surface area contributed by atoms with Gasteiger partial charge in [0, 0.05) is 18.0 Å². The lowest BCUT2D eigenvalue weighted by Gasteiger charge is -2.20. The van der Waals surface area contributed by atoms with Crippen molar-refractivity contribution in [1.29, 1.82) is 0 Å². The van der Waals surface area contributed by atoms with Gasteiger partial charge in [0.15, 0.2) is 0 Å². The number of hydrogen-bond acceptors (Lipinski definition) is 3. The molecule has 2 aromatic rings. The number of aromatic nitrogens is 2. The topological polar surface area (TPSA) is 67.2 Å². The van der Waals surface area contributed by atoms with Crippen molar-refractivity contribution in [1.82, 2.24) is 14.7 Å². The molecule has 0 saturated heterocycles. The molecule has 28 heavy (non-hydrogen) atoms. The van der Waals surface area contributed by atoms with E-state index < -0.39 is 0 Å². The summed E-state index contributed by atoms with van der Waals surface area (Å²) in [5.41, 5.74) is 1.26. The van der Waals surface area contributed by atoms with E-state index in [-0.39, 0.29) is 29.7 Å². The number of nitrogens with zero attached hydrogens (tertiary/aromatic N) is 3. The second kappa shape index (κ2) is 9.43. The Morgan fingerprint density at radius 2 is 1.93 bits per heavy atom. The van der Waals surface area contributed by atoms with Gasteiger partial charge < -0.3 is 10.2 Å². The number of carbonyl (C=O) groups is 2. The fourth-order valence-electron chi connectivity index (χ4n) is 2.65. The van der Waals surface area contributed by atoms with E-state index >= 15 is 0 Å². The molecule has 0 aliphatic carbocycles. The van der Waals surface area contributed by atoms with Crippen LogP contribution in [-0.2, 0) is 15.0 Å². The highest BCUT2D eigenvalue weighted by molar-refractivity contribution is 6.32. The van der Waals surface area contributed by atoms with Crippen LogP contribution >= 0.6 is 23.2 Å². The van der Waals surface area contributed by atoms with Gasteiger partial charge in [-0.05, 0) is 18.6 Å². The highest BCUT2D eigenvalue weighted by Crippen LogP contribution is 2.29. The molecule has 0 aliphatic heterocycles. The molecule has 0 atom stereocenters. The molecule has 6 nitrogen and oxygen atoms in total. The molecule has 1 heterocycles. The molecule has 0 aliphatic rings. The van der Waals surface area contributed by atoms with Crippen molar-refractivity contribution in [3.8, 4) is 5.69 Å². The predicted molar refractivity (Wildman–Crippen MR) is 113 cm³/mol. The fourth-order valence-corrected chi connectivity index (χ4v) is 3.03. The van der Waals surface area contributed by atoms with E-state index in [2.05, 4.69) is 10.4 Å². The number of para-hydroxylation sites is 1. The van der Waals surface area contributed by atoms with Crippen molar-refractivity contribution in [2.75, 3.05) is 24.3 Å². The van der Waals surface area contributed by atoms with Gasteiger partial charge in [-0.2, -0.15) is 5.10 Å². The van der Waals surface area contributed by atoms with Crippen LogP contribution in [0.3, 0.4) is 0 Å². The minimum absolute atomic E-state index is 0.0715. The molecule has 1 aromatic heterocycles. The minimum atomic E-state index is -0.319. The van der Waals surface area contributed by atoms with Gasteiger partial charge in [0.2, 0.25) is 11.8 Å². The molecule has 2 amide bonds. The summed E-state index contributed by atoms with van der Waals surface area (Å²) in [4.78, 5) is 26.0. The van der Waals surface area contributed by atoms with E-state index in [0.717, 1.165) is 12.1 Å². The summed E-state index contributed by atoms with van der Waals surface area (Å²) in [6.07, 6.45) is 0.738. The van der Waals surface area contributed by atoms with Gasteiger partial charge in [-0.3, -0.25) is 9.59 Å². The van der Waals surface area contributed by atoms with E-state index in [1.807, 2.05) is 52.0 Å². The number of nitrogens with one attached hydrogen (secondary N) is 1. The molecule has 0 fully saturated rings. The quantitative estimate of drug-likeness (QED) is 0.675. The fraction of sp³-hybridized carbons (Fsp3) is 0.450. The first-order valence-corrected chi connectivity index (χ1v) is 10.1. The molecule has 2 rings (SSSR count). The zero-order valence-electron chi connectivity index (χ0n) is 16.6. The van der Waals surface area contributed by atoms with Crippen LogP contribution < -0.4 is 5.32 Å². The van der Waals surface area contributed by atoms with Crippen LogP contribution in [0.2, 0.25) is 5.02 Å². The van der Waals surface area contributed by atoms with E-state index in [1.165, 1.54) is 4.90 Å². The third-order valence-corrected chi connectivity index (χ3v) is 4.67. The number of amides is 2. The SMILES string of the molecule is CCCN(CC(=O)Nc1cc(C(C)(C)C)nn1-c1ccccc1Cl)C(=O)CCl. The standard InChI is InChI=1S/C20H26Cl2N4O2/c1-5-10-25(19(28)12-21)13-18(27)23-17-11-16(20(2,3)4)24-26(17)15-9-7-6-8-14(15)22/h6-9,11H,5,10,12-13H2,1-4H3,(H,23,27). The Bertz CT molecular complexity index is 843. The average Bonchev–Trinajstić information content (AvgIpc) is 3.05. The maximum absolute atomic E-state index is 12.6. The van der Waals surface area contributed by atoms with Crippen molar-refractivity contribution in [3.05, 3.63) is 41.0 Å². The Kier molecular flexibility index (Phi) is 7.49. The van der Waals surface area contributed by atoms with Gasteiger partial charge in [-0.1, -0.05) is 51.4 Å². The summed E-state index contributed by atoms with van der Waals surface area (Å²) >= 11 is 12.0. The van der Waals surface area contributed by atoms with Crippen LogP contribution in [0.4, 0.5) is 5.82 Å². The van der Waals surface area contributed by atoms with Crippen molar-refractivity contribution < 1.29 is 9.59 Å². The van der Waals surface area contributed by atoms with E-state index in [0.29, 0.717) is 23.1 Å². The van der Waals surface area contributed by atoms with Crippen LogP contribution in [0, 0.1) is 0 Å². The third-order valence-electron chi connectivity index (χ3n) is 4.12. The van der Waals surface area contributed by atoms with Crippen molar-refractivity contribution in [2.24, 2.45) is 0 Å². The van der Waals surface area contributed by atoms with Gasteiger partial charge in [-0.15, -0.1) is 11.6 Å². The number of hydrogen-bond donors (Lipinski definition) is 1. The molecule has 0 radical (unpaired) electrons. The molecule has 0 bridgehead atoms. The smallest absolute Gasteiger partial charge is 0.245 e. The van der Waals surface area contributed by atoms with Gasteiger partial charge >= 0.3 is 0 Å². The Balaban J connectivity index is 2.33. The van der Waals surface area contributed by atoms with Gasteiger partial charge in [-0.25, -0.2) is 4.68 Å². The lowest BCUT2D eigenvalue weighted by atomic mass is 9.92. The second-order valence-corrected chi connectivity index (χ2v) is 8.20. The number of halogens is 2. The molecule has 0 saturated carbocycles. The van der Waals surface area contributed by atoms with Gasteiger partial charge in [0.05, 0.1) is 22.9 Å². The highest BCUT2D eigenvalue weighted by Gasteiger charge is 2.23. The van der Waals surface area contributed by atoms with Crippen molar-refractivity contribution >= 4 is 40.8 Å². The predicted octanol–water partition coefficient (Wildman–Crippen LogP) is 4.24. The first kappa shape index (κ1) is 22.2. The highest BCUT2D eigenvalue weighted by atomic mass is 35.5. The first-order chi connectivity index (χ1) is 13.2. The van der Waals surface area contributed by atoms with Crippen LogP contribution in [0.5, 0.6) is 0 Å². The van der Waals surface area contributed by atoms with E-state index in [1.54, 1.807) is 10.7 Å². The Morgan fingerprint density at radius 1 is 1.25 bits per heavy atom. The molecule has 8 heteroatoms. The number of rotatable bonds is 7. The number of alkyl halides is 1. The van der Waals surface area contributed by atoms with Crippen LogP contribution in [0.15, 0.2) is 30.3 Å². The lowest BCUT2D eigenvalue weighted by Crippen LogP contribution is -2.39. The largest absolute Gasteiger partial charge is 0.332 e.